The molecule has 5 aromatic rings. The van der Waals surface area contributed by atoms with E-state index < -0.39 is 45.7 Å². The molecule has 0 aliphatic heterocycles. The van der Waals surface area contributed by atoms with Gasteiger partial charge in [0.1, 0.15) is 11.5 Å². The number of aliphatic carboxylic acids is 1. The Morgan fingerprint density at radius 1 is 0.588 bits per heavy atom. The van der Waals surface area contributed by atoms with Crippen molar-refractivity contribution < 1.29 is 72.3 Å². The Bertz CT molecular complexity index is 2880. The second kappa shape index (κ2) is 22.5. The van der Waals surface area contributed by atoms with Crippen molar-refractivity contribution in [3.63, 3.8) is 0 Å². The minimum absolute atomic E-state index is 0.0100. The van der Waals surface area contributed by atoms with Gasteiger partial charge in [-0.1, -0.05) is 6.42 Å². The number of ether oxygens (including phenoxy) is 1. The molecule has 0 aliphatic carbocycles. The van der Waals surface area contributed by atoms with Crippen LogP contribution in [0.2, 0.25) is 0 Å². The van der Waals surface area contributed by atoms with Gasteiger partial charge in [-0.05, 0) is 92.8 Å². The number of nitrogens with zero attached hydrogens (tertiary/aromatic N) is 7. The highest BCUT2D eigenvalue weighted by atomic mass is 32.2. The SMILES string of the molecule is Cc1cc(Nc2nc(NCCCCCC(=O)O)nc(Nc3cc(C)c(N=Nc4cc(C(=O)O)cc(C(=O)O)c4)cc3OCCCS(=O)(=O)O)n2)c(O)cc1N=Nc1cc(C(=O)O)cc(C(=O)O)c1. The largest absolute Gasteiger partial charge is 0.506 e. The molecule has 0 spiro atoms. The Balaban J connectivity index is 1.49. The number of phenolic OH excluding ortho intramolecular Hbond substituents is 1. The minimum atomic E-state index is -4.34. The molecule has 0 aliphatic rings. The molecule has 0 atom stereocenters. The van der Waals surface area contributed by atoms with Crippen LogP contribution in [0, 0.1) is 13.8 Å². The van der Waals surface area contributed by atoms with E-state index in [9.17, 15) is 62.5 Å². The van der Waals surface area contributed by atoms with Gasteiger partial charge in [0.05, 0.1) is 68.7 Å². The van der Waals surface area contributed by atoms with E-state index in [2.05, 4.69) is 51.4 Å². The van der Waals surface area contributed by atoms with Crippen molar-refractivity contribution in [2.24, 2.45) is 20.5 Å². The van der Waals surface area contributed by atoms with Crippen molar-refractivity contribution in [1.29, 1.82) is 0 Å². The van der Waals surface area contributed by atoms with E-state index in [1.165, 1.54) is 24.3 Å². The smallest absolute Gasteiger partial charge is 0.335 e. The molecule has 0 unspecified atom stereocenters. The lowest BCUT2D eigenvalue weighted by atomic mass is 10.1. The third-order valence-corrected chi connectivity index (χ3v) is 10.1. The Kier molecular flexibility index (Phi) is 16.7. The topological polar surface area (TPSA) is 395 Å². The predicted octanol–water partition coefficient (Wildman–Crippen LogP) is 8.02. The number of nitrogens with one attached hydrogen (secondary N) is 3. The highest BCUT2D eigenvalue weighted by Crippen LogP contribution is 2.37. The van der Waals surface area contributed by atoms with Crippen LogP contribution >= 0.6 is 0 Å². The van der Waals surface area contributed by atoms with Crippen molar-refractivity contribution in [2.75, 3.05) is 34.9 Å². The minimum Gasteiger partial charge on any atom is -0.506 e. The standard InChI is InChI=1S/C42H42N10O15S/c1-21-11-31(33(53)19-29(21)51-49-27-15-23(36(56)57)13-24(16-27)37(58)59)44-41-46-40(43-8-5-3-4-7-35(54)55)47-42(48-41)45-32-12-22(2)30(20-34(32)67-9-6-10-68(64,65)66)52-50-28-17-25(38(60)61)14-26(18-28)39(62)63/h11-20,53H,3-10H2,1-2H3,(H,54,55)(H,56,57)(H,58,59)(H,60,61)(H,62,63)(H,64,65,66)(H3,43,44,45,46,47,48). The summed E-state index contributed by atoms with van der Waals surface area (Å²) in [5.74, 6) is -7.62. The summed E-state index contributed by atoms with van der Waals surface area (Å²) in [6, 6.07) is 12.1. The highest BCUT2D eigenvalue weighted by molar-refractivity contribution is 7.85. The zero-order chi connectivity index (χ0) is 49.7. The molecule has 0 saturated carbocycles. The van der Waals surface area contributed by atoms with E-state index in [-0.39, 0.29) is 105 Å². The summed E-state index contributed by atoms with van der Waals surface area (Å²) in [7, 11) is -4.34. The summed E-state index contributed by atoms with van der Waals surface area (Å²) in [6.45, 7) is 3.32. The molecule has 4 aromatic carbocycles. The molecule has 10 N–H and O–H groups in total. The van der Waals surface area contributed by atoms with E-state index in [1.807, 2.05) is 0 Å². The summed E-state index contributed by atoms with van der Waals surface area (Å²) in [5, 5.41) is 83.1. The van der Waals surface area contributed by atoms with Crippen LogP contribution < -0.4 is 20.7 Å². The number of phenols is 1. The number of aryl methyl sites for hydroxylation is 2. The van der Waals surface area contributed by atoms with Crippen molar-refractivity contribution >= 4 is 91.9 Å². The van der Waals surface area contributed by atoms with Gasteiger partial charge < -0.3 is 51.3 Å². The van der Waals surface area contributed by atoms with Crippen LogP contribution in [0.4, 0.5) is 52.0 Å². The zero-order valence-electron chi connectivity index (χ0n) is 35.9. The molecule has 0 radical (unpaired) electrons. The molecule has 0 amide bonds. The Morgan fingerprint density at radius 3 is 1.54 bits per heavy atom. The zero-order valence-corrected chi connectivity index (χ0v) is 36.7. The normalized spacial score (nSPS) is 11.4. The van der Waals surface area contributed by atoms with Gasteiger partial charge in [0.25, 0.3) is 10.1 Å². The molecule has 0 fully saturated rings. The summed E-state index contributed by atoms with van der Waals surface area (Å²) in [4.78, 5) is 70.7. The Hall–Kier alpha value is -8.65. The van der Waals surface area contributed by atoms with Gasteiger partial charge in [-0.25, -0.2) is 19.2 Å². The number of carboxylic acids is 5. The molecule has 356 valence electrons. The first-order chi connectivity index (χ1) is 32.1. The highest BCUT2D eigenvalue weighted by Gasteiger charge is 2.18. The van der Waals surface area contributed by atoms with Crippen LogP contribution in [0.15, 0.2) is 81.1 Å². The lowest BCUT2D eigenvalue weighted by Gasteiger charge is -2.16. The first-order valence-electron chi connectivity index (χ1n) is 20.0. The van der Waals surface area contributed by atoms with Gasteiger partial charge in [0.2, 0.25) is 17.8 Å². The number of anilines is 5. The first kappa shape index (κ1) is 50.4. The van der Waals surface area contributed by atoms with E-state index >= 15 is 0 Å². The fraction of sp³-hybridized carbons (Fsp3) is 0.238. The molecule has 0 saturated heterocycles. The van der Waals surface area contributed by atoms with E-state index in [4.69, 9.17) is 9.84 Å². The monoisotopic (exact) mass is 958 g/mol. The van der Waals surface area contributed by atoms with Crippen LogP contribution in [0.3, 0.4) is 0 Å². The Morgan fingerprint density at radius 2 is 1.06 bits per heavy atom. The number of hydrogen-bond donors (Lipinski definition) is 10. The number of carboxylic acid groups (broad SMARTS) is 5. The molecular weight excluding hydrogens is 917 g/mol. The van der Waals surface area contributed by atoms with Crippen LogP contribution in [0.5, 0.6) is 11.5 Å². The van der Waals surface area contributed by atoms with Crippen LogP contribution in [0.1, 0.15) is 84.7 Å². The van der Waals surface area contributed by atoms with E-state index in [0.29, 0.717) is 36.9 Å². The molecule has 5 rings (SSSR count). The number of unbranched alkanes of at least 4 members (excludes halogenated alkanes) is 2. The lowest BCUT2D eigenvalue weighted by molar-refractivity contribution is -0.137. The molecule has 68 heavy (non-hydrogen) atoms. The number of aromatic carboxylic acids is 4. The second-order valence-corrected chi connectivity index (χ2v) is 16.2. The predicted molar refractivity (Wildman–Crippen MR) is 241 cm³/mol. The summed E-state index contributed by atoms with van der Waals surface area (Å²) in [5.41, 5.74) is -0.0572. The maximum absolute atomic E-state index is 11.6. The van der Waals surface area contributed by atoms with Crippen molar-refractivity contribution in [3.05, 3.63) is 94.0 Å². The fourth-order valence-electron chi connectivity index (χ4n) is 5.96. The number of azo groups is 2. The van der Waals surface area contributed by atoms with Gasteiger partial charge in [-0.15, -0.1) is 0 Å². The maximum atomic E-state index is 11.6. The average Bonchev–Trinajstić information content (AvgIpc) is 3.26. The van der Waals surface area contributed by atoms with Crippen LogP contribution in [0.25, 0.3) is 0 Å². The number of benzene rings is 4. The molecule has 1 aromatic heterocycles. The molecule has 0 bridgehead atoms. The molecule has 26 heteroatoms. The summed E-state index contributed by atoms with van der Waals surface area (Å²) >= 11 is 0. The van der Waals surface area contributed by atoms with Gasteiger partial charge in [0, 0.05) is 25.1 Å². The third-order valence-electron chi connectivity index (χ3n) is 9.27. The molecule has 1 heterocycles. The van der Waals surface area contributed by atoms with Crippen molar-refractivity contribution in [2.45, 2.75) is 46.0 Å². The first-order valence-corrected chi connectivity index (χ1v) is 21.6. The van der Waals surface area contributed by atoms with E-state index in [0.717, 1.165) is 36.4 Å². The van der Waals surface area contributed by atoms with Crippen molar-refractivity contribution in [3.8, 4) is 11.5 Å². The summed E-state index contributed by atoms with van der Waals surface area (Å²) in [6.07, 6.45) is 1.38. The van der Waals surface area contributed by atoms with Crippen LogP contribution in [-0.4, -0.2) is 107 Å². The quantitative estimate of drug-likeness (QED) is 0.0121. The number of carbonyl (C=O) groups is 5. The number of aromatic hydroxyl groups is 1. The fourth-order valence-corrected chi connectivity index (χ4v) is 6.44. The van der Waals surface area contributed by atoms with Gasteiger partial charge in [-0.2, -0.15) is 43.8 Å². The Labute approximate surface area is 385 Å². The number of hydrogen-bond acceptors (Lipinski definition) is 19. The van der Waals surface area contributed by atoms with Gasteiger partial charge >= 0.3 is 29.8 Å². The molecule has 25 nitrogen and oxygen atoms in total. The van der Waals surface area contributed by atoms with Gasteiger partial charge in [0.15, 0.2) is 0 Å². The van der Waals surface area contributed by atoms with Crippen LogP contribution in [-0.2, 0) is 14.9 Å². The second-order valence-electron chi connectivity index (χ2n) is 14.6. The van der Waals surface area contributed by atoms with E-state index in [1.54, 1.807) is 13.8 Å². The summed E-state index contributed by atoms with van der Waals surface area (Å²) < 4.78 is 38.0. The van der Waals surface area contributed by atoms with Gasteiger partial charge in [-0.3, -0.25) is 9.35 Å². The molecular formula is C42H42N10O15S. The maximum Gasteiger partial charge on any atom is 0.335 e. The van der Waals surface area contributed by atoms with Crippen molar-refractivity contribution in [1.82, 2.24) is 15.0 Å². The third kappa shape index (κ3) is 15.0. The number of rotatable bonds is 24. The average molecular weight is 959 g/mol. The lowest BCUT2D eigenvalue weighted by Crippen LogP contribution is -2.12. The number of aromatic nitrogens is 3.